The van der Waals surface area contributed by atoms with Gasteiger partial charge in [0, 0.05) is 0 Å². The minimum Gasteiger partial charge on any atom is -0.469 e. The Bertz CT molecular complexity index is 413. The maximum atomic E-state index is 11.7. The van der Waals surface area contributed by atoms with E-state index in [0.717, 1.165) is 18.4 Å². The van der Waals surface area contributed by atoms with Crippen molar-refractivity contribution in [2.75, 3.05) is 7.11 Å². The molecule has 0 aliphatic heterocycles. The normalized spacial score (nSPS) is 16.9. The number of halogens is 2. The van der Waals surface area contributed by atoms with Crippen LogP contribution >= 0.6 is 23.2 Å². The van der Waals surface area contributed by atoms with Crippen LogP contribution in [0.2, 0.25) is 10.0 Å². The molecule has 1 fully saturated rings. The molecule has 0 bridgehead atoms. The van der Waals surface area contributed by atoms with Gasteiger partial charge in [-0.15, -0.1) is 0 Å². The Hall–Kier alpha value is -0.730. The molecule has 1 aromatic carbocycles. The van der Waals surface area contributed by atoms with E-state index >= 15 is 0 Å². The molecule has 0 amide bonds. The lowest BCUT2D eigenvalue weighted by molar-refractivity contribution is -0.143. The Morgan fingerprint density at radius 3 is 2.69 bits per heavy atom. The number of esters is 1. The third-order valence-electron chi connectivity index (χ3n) is 2.87. The fourth-order valence-corrected chi connectivity index (χ4v) is 2.32. The largest absolute Gasteiger partial charge is 0.469 e. The molecule has 0 radical (unpaired) electrons. The van der Waals surface area contributed by atoms with Crippen LogP contribution in [-0.4, -0.2) is 13.1 Å². The number of hydrogen-bond acceptors (Lipinski definition) is 2. The third kappa shape index (κ3) is 2.18. The number of rotatable bonds is 3. The van der Waals surface area contributed by atoms with E-state index < -0.39 is 0 Å². The topological polar surface area (TPSA) is 26.3 Å². The summed E-state index contributed by atoms with van der Waals surface area (Å²) in [4.78, 5) is 11.7. The Morgan fingerprint density at radius 1 is 1.44 bits per heavy atom. The summed E-state index contributed by atoms with van der Waals surface area (Å²) in [5, 5.41) is 0.945. The van der Waals surface area contributed by atoms with Crippen LogP contribution in [0.15, 0.2) is 18.2 Å². The molecule has 0 saturated heterocycles. The van der Waals surface area contributed by atoms with Crippen molar-refractivity contribution in [2.45, 2.75) is 18.8 Å². The predicted octanol–water partition coefficient (Wildman–Crippen LogP) is 3.66. The van der Waals surface area contributed by atoms with Crippen LogP contribution in [0, 0.1) is 5.92 Å². The molecular weight excluding hydrogens is 247 g/mol. The lowest BCUT2D eigenvalue weighted by atomic mass is 9.94. The zero-order valence-electron chi connectivity index (χ0n) is 8.87. The van der Waals surface area contributed by atoms with Gasteiger partial charge in [-0.3, -0.25) is 4.79 Å². The summed E-state index contributed by atoms with van der Waals surface area (Å²) >= 11 is 12.1. The quantitative estimate of drug-likeness (QED) is 0.774. The first-order valence-electron chi connectivity index (χ1n) is 5.17. The Kier molecular flexibility index (Phi) is 3.41. The summed E-state index contributed by atoms with van der Waals surface area (Å²) in [7, 11) is 1.40. The van der Waals surface area contributed by atoms with Crippen LogP contribution < -0.4 is 0 Å². The van der Waals surface area contributed by atoms with Gasteiger partial charge in [0.25, 0.3) is 0 Å². The van der Waals surface area contributed by atoms with Gasteiger partial charge >= 0.3 is 5.97 Å². The van der Waals surface area contributed by atoms with Crippen LogP contribution in [0.1, 0.15) is 24.3 Å². The van der Waals surface area contributed by atoms with Crippen LogP contribution in [0.5, 0.6) is 0 Å². The van der Waals surface area contributed by atoms with Gasteiger partial charge in [-0.05, 0) is 30.4 Å². The second kappa shape index (κ2) is 4.64. The molecule has 16 heavy (non-hydrogen) atoms. The molecule has 4 heteroatoms. The first-order chi connectivity index (χ1) is 7.65. The van der Waals surface area contributed by atoms with Crippen molar-refractivity contribution in [1.29, 1.82) is 0 Å². The molecular formula is C12H12Cl2O2. The molecule has 0 heterocycles. The average Bonchev–Trinajstić information content (AvgIpc) is 3.08. The Morgan fingerprint density at radius 2 is 2.12 bits per heavy atom. The molecule has 2 nitrogen and oxygen atoms in total. The molecule has 2 rings (SSSR count). The van der Waals surface area contributed by atoms with E-state index in [2.05, 4.69) is 0 Å². The van der Waals surface area contributed by atoms with Gasteiger partial charge in [-0.2, -0.15) is 0 Å². The molecule has 0 spiro atoms. The SMILES string of the molecule is COC(=O)C(c1cccc(Cl)c1Cl)C1CC1. The third-order valence-corrected chi connectivity index (χ3v) is 3.70. The summed E-state index contributed by atoms with van der Waals surface area (Å²) < 4.78 is 4.82. The molecule has 1 aromatic rings. The van der Waals surface area contributed by atoms with Crippen molar-refractivity contribution < 1.29 is 9.53 Å². The number of methoxy groups -OCH3 is 1. The van der Waals surface area contributed by atoms with Gasteiger partial charge in [0.1, 0.15) is 0 Å². The van der Waals surface area contributed by atoms with Crippen molar-refractivity contribution in [3.8, 4) is 0 Å². The molecule has 1 aliphatic carbocycles. The molecule has 1 atom stereocenters. The summed E-state index contributed by atoms with van der Waals surface area (Å²) in [6.07, 6.45) is 2.09. The summed E-state index contributed by atoms with van der Waals surface area (Å²) in [6.45, 7) is 0. The van der Waals surface area contributed by atoms with Crippen LogP contribution in [0.3, 0.4) is 0 Å². The Labute approximate surface area is 104 Å². The highest BCUT2D eigenvalue weighted by Crippen LogP contribution is 2.46. The monoisotopic (exact) mass is 258 g/mol. The van der Waals surface area contributed by atoms with E-state index in [1.165, 1.54) is 7.11 Å². The van der Waals surface area contributed by atoms with Crippen molar-refractivity contribution in [1.82, 2.24) is 0 Å². The molecule has 1 saturated carbocycles. The van der Waals surface area contributed by atoms with Gasteiger partial charge < -0.3 is 4.74 Å². The second-order valence-electron chi connectivity index (χ2n) is 3.98. The first-order valence-corrected chi connectivity index (χ1v) is 5.92. The Balaban J connectivity index is 2.38. The predicted molar refractivity (Wildman–Crippen MR) is 63.9 cm³/mol. The molecule has 0 N–H and O–H groups in total. The molecule has 1 aliphatic rings. The van der Waals surface area contributed by atoms with E-state index in [0.29, 0.717) is 16.0 Å². The van der Waals surface area contributed by atoms with E-state index in [4.69, 9.17) is 27.9 Å². The van der Waals surface area contributed by atoms with Gasteiger partial charge in [-0.1, -0.05) is 35.3 Å². The maximum absolute atomic E-state index is 11.7. The van der Waals surface area contributed by atoms with Crippen LogP contribution in [0.25, 0.3) is 0 Å². The van der Waals surface area contributed by atoms with Gasteiger partial charge in [0.2, 0.25) is 0 Å². The minimum absolute atomic E-state index is 0.230. The van der Waals surface area contributed by atoms with Crippen molar-refractivity contribution in [2.24, 2.45) is 5.92 Å². The lowest BCUT2D eigenvalue weighted by Gasteiger charge is -2.16. The maximum Gasteiger partial charge on any atom is 0.313 e. The van der Waals surface area contributed by atoms with Gasteiger partial charge in [0.05, 0.1) is 23.1 Å². The highest BCUT2D eigenvalue weighted by molar-refractivity contribution is 6.42. The fourth-order valence-electron chi connectivity index (χ4n) is 1.89. The van der Waals surface area contributed by atoms with Crippen molar-refractivity contribution in [3.05, 3.63) is 33.8 Å². The number of benzene rings is 1. The average molecular weight is 259 g/mol. The summed E-state index contributed by atoms with van der Waals surface area (Å²) in [5.74, 6) is -0.147. The highest BCUT2D eigenvalue weighted by Gasteiger charge is 2.39. The first kappa shape index (κ1) is 11.7. The summed E-state index contributed by atoms with van der Waals surface area (Å²) in [5.41, 5.74) is 0.781. The van der Waals surface area contributed by atoms with Gasteiger partial charge in [-0.25, -0.2) is 0 Å². The van der Waals surface area contributed by atoms with E-state index in [1.54, 1.807) is 6.07 Å². The zero-order chi connectivity index (χ0) is 11.7. The molecule has 1 unspecified atom stereocenters. The van der Waals surface area contributed by atoms with E-state index in [1.807, 2.05) is 12.1 Å². The van der Waals surface area contributed by atoms with Gasteiger partial charge in [0.15, 0.2) is 0 Å². The van der Waals surface area contributed by atoms with E-state index in [9.17, 15) is 4.79 Å². The zero-order valence-corrected chi connectivity index (χ0v) is 10.4. The number of hydrogen-bond donors (Lipinski definition) is 0. The summed E-state index contributed by atoms with van der Waals surface area (Å²) in [6, 6.07) is 5.37. The highest BCUT2D eigenvalue weighted by atomic mass is 35.5. The second-order valence-corrected chi connectivity index (χ2v) is 4.77. The molecule has 0 aromatic heterocycles. The number of carbonyl (C=O) groups excluding carboxylic acids is 1. The number of carbonyl (C=O) groups is 1. The fraction of sp³-hybridized carbons (Fsp3) is 0.417. The van der Waals surface area contributed by atoms with E-state index in [-0.39, 0.29) is 11.9 Å². The minimum atomic E-state index is -0.267. The van der Waals surface area contributed by atoms with Crippen molar-refractivity contribution >= 4 is 29.2 Å². The lowest BCUT2D eigenvalue weighted by Crippen LogP contribution is -2.16. The number of ether oxygens (including phenoxy) is 1. The van der Waals surface area contributed by atoms with Crippen molar-refractivity contribution in [3.63, 3.8) is 0 Å². The smallest absolute Gasteiger partial charge is 0.313 e. The molecule has 86 valence electrons. The standard InChI is InChI=1S/C12H12Cl2O2/c1-16-12(15)10(7-5-6-7)8-3-2-4-9(13)11(8)14/h2-4,7,10H,5-6H2,1H3. The van der Waals surface area contributed by atoms with Crippen LogP contribution in [0.4, 0.5) is 0 Å². The van der Waals surface area contributed by atoms with Crippen LogP contribution in [-0.2, 0) is 9.53 Å².